The van der Waals surface area contributed by atoms with Crippen molar-refractivity contribution < 1.29 is 0 Å². The van der Waals surface area contributed by atoms with Crippen LogP contribution in [0.3, 0.4) is 0 Å². The normalized spacial score (nSPS) is 13.8. The molecule has 0 spiro atoms. The minimum atomic E-state index is 0.565. The van der Waals surface area contributed by atoms with E-state index in [1.165, 1.54) is 5.56 Å². The fraction of sp³-hybridized carbons (Fsp3) is 0.231. The lowest BCUT2D eigenvalue weighted by Gasteiger charge is -2.05. The molecule has 86 valence electrons. The summed E-state index contributed by atoms with van der Waals surface area (Å²) in [5.74, 6) is 0.706. The van der Waals surface area contributed by atoms with E-state index in [4.69, 9.17) is 11.6 Å². The average molecular weight is 246 g/mol. The van der Waals surface area contributed by atoms with Gasteiger partial charge in [-0.2, -0.15) is 0 Å². The maximum absolute atomic E-state index is 6.16. The molecule has 0 fully saturated rings. The number of benzene rings is 1. The van der Waals surface area contributed by atoms with Crippen LogP contribution < -0.4 is 5.32 Å². The Kier molecular flexibility index (Phi) is 2.57. The molecule has 1 N–H and O–H groups in total. The van der Waals surface area contributed by atoms with Crippen molar-refractivity contribution in [3.63, 3.8) is 0 Å². The quantitative estimate of drug-likeness (QED) is 0.785. The molecule has 17 heavy (non-hydrogen) atoms. The second-order valence-electron chi connectivity index (χ2n) is 4.23. The van der Waals surface area contributed by atoms with E-state index in [2.05, 4.69) is 34.3 Å². The van der Waals surface area contributed by atoms with E-state index in [9.17, 15) is 0 Å². The van der Waals surface area contributed by atoms with Gasteiger partial charge < -0.3 is 5.32 Å². The molecule has 0 atom stereocenters. The lowest BCUT2D eigenvalue weighted by atomic mass is 10.1. The van der Waals surface area contributed by atoms with Crippen LogP contribution in [0.15, 0.2) is 24.3 Å². The number of aryl methyl sites for hydroxylation is 1. The van der Waals surface area contributed by atoms with E-state index >= 15 is 0 Å². The summed E-state index contributed by atoms with van der Waals surface area (Å²) in [5.41, 5.74) is 4.28. The number of nitrogens with one attached hydrogen (secondary N) is 1. The van der Waals surface area contributed by atoms with Crippen molar-refractivity contribution >= 4 is 11.6 Å². The van der Waals surface area contributed by atoms with Crippen LogP contribution in [0, 0.1) is 6.92 Å². The second-order valence-corrected chi connectivity index (χ2v) is 4.59. The number of halogens is 1. The fourth-order valence-electron chi connectivity index (χ4n) is 1.96. The molecule has 0 saturated carbocycles. The van der Waals surface area contributed by atoms with Gasteiger partial charge in [0, 0.05) is 24.2 Å². The summed E-state index contributed by atoms with van der Waals surface area (Å²) in [6.45, 7) is 3.60. The molecule has 0 saturated heterocycles. The largest absolute Gasteiger partial charge is 0.307 e. The van der Waals surface area contributed by atoms with Gasteiger partial charge in [0.05, 0.1) is 5.69 Å². The van der Waals surface area contributed by atoms with Crippen molar-refractivity contribution in [3.8, 4) is 11.4 Å². The van der Waals surface area contributed by atoms with Gasteiger partial charge >= 0.3 is 0 Å². The molecule has 4 heteroatoms. The number of hydrogen-bond donors (Lipinski definition) is 1. The Balaban J connectivity index is 2.10. The van der Waals surface area contributed by atoms with Crippen molar-refractivity contribution in [2.75, 3.05) is 0 Å². The monoisotopic (exact) mass is 245 g/mol. The molecular formula is C13H12ClN3. The molecule has 1 aliphatic heterocycles. The molecule has 0 radical (unpaired) electrons. The molecule has 3 nitrogen and oxygen atoms in total. The maximum Gasteiger partial charge on any atom is 0.161 e. The Morgan fingerprint density at radius 1 is 1.12 bits per heavy atom. The van der Waals surface area contributed by atoms with E-state index in [0.29, 0.717) is 11.0 Å². The Hall–Kier alpha value is -1.45. The minimum Gasteiger partial charge on any atom is -0.307 e. The summed E-state index contributed by atoms with van der Waals surface area (Å²) >= 11 is 6.16. The third-order valence-corrected chi connectivity index (χ3v) is 3.26. The number of nitrogens with zero attached hydrogens (tertiary/aromatic N) is 2. The van der Waals surface area contributed by atoms with Gasteiger partial charge in [-0.25, -0.2) is 9.97 Å². The van der Waals surface area contributed by atoms with E-state index in [1.54, 1.807) is 0 Å². The number of hydrogen-bond acceptors (Lipinski definition) is 3. The summed E-state index contributed by atoms with van der Waals surface area (Å²) in [7, 11) is 0. The Morgan fingerprint density at radius 2 is 1.88 bits per heavy atom. The molecule has 0 aliphatic carbocycles. The van der Waals surface area contributed by atoms with E-state index < -0.39 is 0 Å². The summed E-state index contributed by atoms with van der Waals surface area (Å²) in [4.78, 5) is 8.91. The maximum atomic E-state index is 6.16. The third-order valence-electron chi connectivity index (χ3n) is 2.95. The summed E-state index contributed by atoms with van der Waals surface area (Å²) in [6, 6.07) is 8.15. The van der Waals surface area contributed by atoms with Crippen LogP contribution in [0.4, 0.5) is 0 Å². The Labute approximate surface area is 105 Å². The molecule has 0 unspecified atom stereocenters. The summed E-state index contributed by atoms with van der Waals surface area (Å²) in [6.07, 6.45) is 0. The van der Waals surface area contributed by atoms with Gasteiger partial charge in [0.2, 0.25) is 0 Å². The van der Waals surface area contributed by atoms with Gasteiger partial charge in [-0.3, -0.25) is 0 Å². The second kappa shape index (κ2) is 4.09. The molecule has 3 rings (SSSR count). The standard InChI is InChI=1S/C13H12ClN3/c1-8-2-4-9(5-3-8)13-16-11-7-15-6-10(11)12(14)17-13/h2-5,15H,6-7H2,1H3. The lowest BCUT2D eigenvalue weighted by Crippen LogP contribution is -2.00. The smallest absolute Gasteiger partial charge is 0.161 e. The van der Waals surface area contributed by atoms with Gasteiger partial charge in [-0.05, 0) is 6.92 Å². The number of aromatic nitrogens is 2. The zero-order valence-electron chi connectivity index (χ0n) is 9.50. The molecule has 2 heterocycles. The molecular weight excluding hydrogens is 234 g/mol. The zero-order valence-corrected chi connectivity index (χ0v) is 10.3. The fourth-order valence-corrected chi connectivity index (χ4v) is 2.21. The number of fused-ring (bicyclic) bond motifs is 1. The van der Waals surface area contributed by atoms with Crippen LogP contribution in [-0.2, 0) is 13.1 Å². The molecule has 1 aromatic heterocycles. The number of rotatable bonds is 1. The predicted molar refractivity (Wildman–Crippen MR) is 67.8 cm³/mol. The van der Waals surface area contributed by atoms with Crippen LogP contribution in [0.25, 0.3) is 11.4 Å². The SMILES string of the molecule is Cc1ccc(-c2nc(Cl)c3c(n2)CNC3)cc1. The molecule has 2 aromatic rings. The highest BCUT2D eigenvalue weighted by Gasteiger charge is 2.18. The molecule has 0 amide bonds. The van der Waals surface area contributed by atoms with Crippen LogP contribution >= 0.6 is 11.6 Å². The van der Waals surface area contributed by atoms with Gasteiger partial charge in [0.15, 0.2) is 5.82 Å². The van der Waals surface area contributed by atoms with Gasteiger partial charge in [0.25, 0.3) is 0 Å². The van der Waals surface area contributed by atoms with Crippen molar-refractivity contribution in [1.29, 1.82) is 0 Å². The van der Waals surface area contributed by atoms with Crippen molar-refractivity contribution in [2.24, 2.45) is 0 Å². The average Bonchev–Trinajstić information content (AvgIpc) is 2.78. The van der Waals surface area contributed by atoms with Crippen molar-refractivity contribution in [2.45, 2.75) is 20.0 Å². The Morgan fingerprint density at radius 3 is 2.65 bits per heavy atom. The van der Waals surface area contributed by atoms with Crippen LogP contribution in [0.1, 0.15) is 16.8 Å². The Bertz CT molecular complexity index is 564. The highest BCUT2D eigenvalue weighted by molar-refractivity contribution is 6.30. The predicted octanol–water partition coefficient (Wildman–Crippen LogP) is 2.71. The topological polar surface area (TPSA) is 37.8 Å². The first-order valence-corrected chi connectivity index (χ1v) is 5.95. The molecule has 1 aliphatic rings. The minimum absolute atomic E-state index is 0.565. The van der Waals surface area contributed by atoms with E-state index in [-0.39, 0.29) is 0 Å². The third kappa shape index (κ3) is 1.92. The highest BCUT2D eigenvalue weighted by Crippen LogP contribution is 2.25. The highest BCUT2D eigenvalue weighted by atomic mass is 35.5. The van der Waals surface area contributed by atoms with Gasteiger partial charge in [-0.1, -0.05) is 41.4 Å². The lowest BCUT2D eigenvalue weighted by molar-refractivity contribution is 0.758. The van der Waals surface area contributed by atoms with E-state index in [0.717, 1.165) is 29.9 Å². The first kappa shape index (κ1) is 10.7. The van der Waals surface area contributed by atoms with Gasteiger partial charge in [0.1, 0.15) is 5.15 Å². The van der Waals surface area contributed by atoms with Crippen molar-refractivity contribution in [1.82, 2.24) is 15.3 Å². The summed E-state index contributed by atoms with van der Waals surface area (Å²) in [5, 5.41) is 3.79. The first-order chi connectivity index (χ1) is 8.24. The summed E-state index contributed by atoms with van der Waals surface area (Å²) < 4.78 is 0. The van der Waals surface area contributed by atoms with Gasteiger partial charge in [-0.15, -0.1) is 0 Å². The van der Waals surface area contributed by atoms with Crippen LogP contribution in [0.2, 0.25) is 5.15 Å². The van der Waals surface area contributed by atoms with E-state index in [1.807, 2.05) is 12.1 Å². The molecule has 1 aromatic carbocycles. The zero-order chi connectivity index (χ0) is 11.8. The molecule has 0 bridgehead atoms. The first-order valence-electron chi connectivity index (χ1n) is 5.57. The van der Waals surface area contributed by atoms with Crippen molar-refractivity contribution in [3.05, 3.63) is 46.2 Å². The van der Waals surface area contributed by atoms with Crippen LogP contribution in [-0.4, -0.2) is 9.97 Å². The van der Waals surface area contributed by atoms with Crippen LogP contribution in [0.5, 0.6) is 0 Å².